The molecule has 2 heterocycles. The Bertz CT molecular complexity index is 588. The number of hydrogen-bond acceptors (Lipinski definition) is 6. The normalized spacial score (nSPS) is 17.6. The Morgan fingerprint density at radius 2 is 1.95 bits per heavy atom. The van der Waals surface area contributed by atoms with E-state index < -0.39 is 5.54 Å². The van der Waals surface area contributed by atoms with Crippen molar-refractivity contribution in [3.8, 4) is 5.75 Å². The minimum Gasteiger partial charge on any atom is -0.497 e. The van der Waals surface area contributed by atoms with Crippen LogP contribution in [-0.2, 0) is 16.7 Å². The molecule has 2 aromatic rings. The van der Waals surface area contributed by atoms with Crippen LogP contribution in [0.2, 0.25) is 0 Å². The molecule has 2 N–H and O–H groups in total. The molecule has 1 aromatic carbocycles. The molecule has 0 bridgehead atoms. The standard InChI is InChI=1S/C15H19N3O3/c1-19-12-4-2-11(3-5-12)10-13-17-14(21-18-13)15(16)6-8-20-9-7-15/h2-5H,6-10,16H2,1H3. The molecule has 0 radical (unpaired) electrons. The van der Waals surface area contributed by atoms with Crippen molar-refractivity contribution < 1.29 is 14.0 Å². The van der Waals surface area contributed by atoms with Gasteiger partial charge in [-0.3, -0.25) is 0 Å². The fourth-order valence-corrected chi connectivity index (χ4v) is 2.40. The quantitative estimate of drug-likeness (QED) is 0.921. The highest BCUT2D eigenvalue weighted by Crippen LogP contribution is 2.28. The van der Waals surface area contributed by atoms with Crippen molar-refractivity contribution in [1.29, 1.82) is 0 Å². The maximum atomic E-state index is 6.33. The molecule has 0 spiro atoms. The Balaban J connectivity index is 1.72. The zero-order valence-corrected chi connectivity index (χ0v) is 12.0. The van der Waals surface area contributed by atoms with Crippen molar-refractivity contribution in [2.24, 2.45) is 5.73 Å². The predicted molar refractivity (Wildman–Crippen MR) is 76.0 cm³/mol. The molecular formula is C15H19N3O3. The number of ether oxygens (including phenoxy) is 2. The van der Waals surface area contributed by atoms with Gasteiger partial charge in [-0.05, 0) is 30.5 Å². The Morgan fingerprint density at radius 3 is 2.62 bits per heavy atom. The van der Waals surface area contributed by atoms with Gasteiger partial charge < -0.3 is 19.7 Å². The van der Waals surface area contributed by atoms with E-state index in [4.69, 9.17) is 19.7 Å². The predicted octanol–water partition coefficient (Wildman–Crippen LogP) is 1.63. The number of nitrogens with zero attached hydrogens (tertiary/aromatic N) is 2. The first-order valence-electron chi connectivity index (χ1n) is 7.02. The molecule has 6 heteroatoms. The van der Waals surface area contributed by atoms with Crippen LogP contribution in [0.15, 0.2) is 28.8 Å². The molecule has 0 amide bonds. The van der Waals surface area contributed by atoms with Crippen LogP contribution < -0.4 is 10.5 Å². The van der Waals surface area contributed by atoms with Gasteiger partial charge in [0.15, 0.2) is 5.82 Å². The molecule has 1 saturated heterocycles. The largest absolute Gasteiger partial charge is 0.497 e. The molecule has 0 aliphatic carbocycles. The molecule has 0 unspecified atom stereocenters. The SMILES string of the molecule is COc1ccc(Cc2noc(C3(N)CCOCC3)n2)cc1. The van der Waals surface area contributed by atoms with Gasteiger partial charge in [-0.2, -0.15) is 4.98 Å². The van der Waals surface area contributed by atoms with E-state index in [1.165, 1.54) is 0 Å². The number of methoxy groups -OCH3 is 1. The number of nitrogens with two attached hydrogens (primary N) is 1. The molecule has 0 saturated carbocycles. The van der Waals surface area contributed by atoms with Gasteiger partial charge in [-0.25, -0.2) is 0 Å². The highest BCUT2D eigenvalue weighted by Gasteiger charge is 2.35. The lowest BCUT2D eigenvalue weighted by Gasteiger charge is -2.29. The van der Waals surface area contributed by atoms with Crippen LogP contribution in [-0.4, -0.2) is 30.5 Å². The number of aromatic nitrogens is 2. The zero-order chi connectivity index (χ0) is 14.7. The molecule has 1 aliphatic heterocycles. The maximum Gasteiger partial charge on any atom is 0.246 e. The van der Waals surface area contributed by atoms with Gasteiger partial charge in [-0.15, -0.1) is 0 Å². The summed E-state index contributed by atoms with van der Waals surface area (Å²) in [4.78, 5) is 4.45. The van der Waals surface area contributed by atoms with Crippen LogP contribution in [0.25, 0.3) is 0 Å². The van der Waals surface area contributed by atoms with Crippen LogP contribution in [0.1, 0.15) is 30.1 Å². The van der Waals surface area contributed by atoms with Crippen LogP contribution in [0.4, 0.5) is 0 Å². The summed E-state index contributed by atoms with van der Waals surface area (Å²) in [6.07, 6.45) is 2.02. The average Bonchev–Trinajstić information content (AvgIpc) is 2.98. The van der Waals surface area contributed by atoms with E-state index in [-0.39, 0.29) is 0 Å². The Hall–Kier alpha value is -1.92. The van der Waals surface area contributed by atoms with Gasteiger partial charge in [0.25, 0.3) is 0 Å². The fraction of sp³-hybridized carbons (Fsp3) is 0.467. The summed E-state index contributed by atoms with van der Waals surface area (Å²) in [5.74, 6) is 1.98. The Kier molecular flexibility index (Phi) is 3.90. The van der Waals surface area contributed by atoms with Crippen molar-refractivity contribution in [3.05, 3.63) is 41.5 Å². The van der Waals surface area contributed by atoms with Crippen molar-refractivity contribution in [2.75, 3.05) is 20.3 Å². The highest BCUT2D eigenvalue weighted by molar-refractivity contribution is 5.28. The second-order valence-corrected chi connectivity index (χ2v) is 5.31. The van der Waals surface area contributed by atoms with Crippen LogP contribution >= 0.6 is 0 Å². The van der Waals surface area contributed by atoms with E-state index in [0.29, 0.717) is 44.2 Å². The molecule has 21 heavy (non-hydrogen) atoms. The molecule has 112 valence electrons. The summed E-state index contributed by atoms with van der Waals surface area (Å²) < 4.78 is 15.8. The third-order valence-corrected chi connectivity index (χ3v) is 3.80. The maximum absolute atomic E-state index is 6.33. The van der Waals surface area contributed by atoms with Crippen LogP contribution in [0.5, 0.6) is 5.75 Å². The van der Waals surface area contributed by atoms with E-state index in [1.807, 2.05) is 24.3 Å². The smallest absolute Gasteiger partial charge is 0.246 e. The third-order valence-electron chi connectivity index (χ3n) is 3.80. The molecule has 1 aromatic heterocycles. The first kappa shape index (κ1) is 14.0. The van der Waals surface area contributed by atoms with E-state index in [9.17, 15) is 0 Å². The summed E-state index contributed by atoms with van der Waals surface area (Å²) >= 11 is 0. The second-order valence-electron chi connectivity index (χ2n) is 5.31. The van der Waals surface area contributed by atoms with Gasteiger partial charge in [-0.1, -0.05) is 17.3 Å². The van der Waals surface area contributed by atoms with Crippen molar-refractivity contribution >= 4 is 0 Å². The molecule has 0 atom stereocenters. The summed E-state index contributed by atoms with van der Waals surface area (Å²) in [5.41, 5.74) is 6.88. The lowest BCUT2D eigenvalue weighted by atomic mass is 9.91. The minimum atomic E-state index is -0.552. The third kappa shape index (κ3) is 3.06. The lowest BCUT2D eigenvalue weighted by molar-refractivity contribution is 0.0400. The van der Waals surface area contributed by atoms with E-state index in [1.54, 1.807) is 7.11 Å². The molecular weight excluding hydrogens is 270 g/mol. The molecule has 6 nitrogen and oxygen atoms in total. The average molecular weight is 289 g/mol. The van der Waals surface area contributed by atoms with Gasteiger partial charge in [0.2, 0.25) is 5.89 Å². The summed E-state index contributed by atoms with van der Waals surface area (Å²) in [5, 5.41) is 4.04. The van der Waals surface area contributed by atoms with Gasteiger partial charge >= 0.3 is 0 Å². The van der Waals surface area contributed by atoms with Gasteiger partial charge in [0.05, 0.1) is 7.11 Å². The van der Waals surface area contributed by atoms with Gasteiger partial charge in [0.1, 0.15) is 11.3 Å². The second kappa shape index (κ2) is 5.83. The summed E-state index contributed by atoms with van der Waals surface area (Å²) in [6.45, 7) is 1.26. The van der Waals surface area contributed by atoms with Crippen molar-refractivity contribution in [2.45, 2.75) is 24.8 Å². The molecule has 1 fully saturated rings. The number of benzene rings is 1. The number of rotatable bonds is 4. The van der Waals surface area contributed by atoms with Gasteiger partial charge in [0, 0.05) is 19.6 Å². The Morgan fingerprint density at radius 1 is 1.24 bits per heavy atom. The summed E-state index contributed by atoms with van der Waals surface area (Å²) in [6, 6.07) is 7.81. The monoisotopic (exact) mass is 289 g/mol. The topological polar surface area (TPSA) is 83.4 Å². The van der Waals surface area contributed by atoms with E-state index in [2.05, 4.69) is 10.1 Å². The Labute approximate surface area is 123 Å². The van der Waals surface area contributed by atoms with Crippen molar-refractivity contribution in [3.63, 3.8) is 0 Å². The molecule has 3 rings (SSSR count). The fourth-order valence-electron chi connectivity index (χ4n) is 2.40. The highest BCUT2D eigenvalue weighted by atomic mass is 16.5. The first-order chi connectivity index (χ1) is 10.2. The van der Waals surface area contributed by atoms with E-state index >= 15 is 0 Å². The van der Waals surface area contributed by atoms with Crippen LogP contribution in [0.3, 0.4) is 0 Å². The zero-order valence-electron chi connectivity index (χ0n) is 12.0. The summed E-state index contributed by atoms with van der Waals surface area (Å²) in [7, 11) is 1.65. The van der Waals surface area contributed by atoms with Crippen molar-refractivity contribution in [1.82, 2.24) is 10.1 Å². The molecule has 1 aliphatic rings. The minimum absolute atomic E-state index is 0.509. The van der Waals surface area contributed by atoms with Crippen LogP contribution in [0, 0.1) is 0 Å². The first-order valence-corrected chi connectivity index (χ1v) is 7.02. The van der Waals surface area contributed by atoms with E-state index in [0.717, 1.165) is 11.3 Å². The number of hydrogen-bond donors (Lipinski definition) is 1. The lowest BCUT2D eigenvalue weighted by Crippen LogP contribution is -2.42.